The molecule has 0 radical (unpaired) electrons. The van der Waals surface area contributed by atoms with Gasteiger partial charge in [-0.1, -0.05) is 20.8 Å². The molecule has 1 aliphatic rings. The molecule has 0 aromatic rings. The average molecular weight is 267 g/mol. The molecule has 1 heterocycles. The predicted octanol–water partition coefficient (Wildman–Crippen LogP) is 2.65. The molecule has 2 N–H and O–H groups in total. The topological polar surface area (TPSA) is 77.2 Å². The molecule has 19 heavy (non-hydrogen) atoms. The van der Waals surface area contributed by atoms with Gasteiger partial charge in [-0.3, -0.25) is 15.6 Å². The van der Waals surface area contributed by atoms with Crippen molar-refractivity contribution in [2.45, 2.75) is 47.0 Å². The third kappa shape index (κ3) is 3.55. The van der Waals surface area contributed by atoms with Crippen LogP contribution in [0.2, 0.25) is 0 Å². The molecule has 0 bridgehead atoms. The molecule has 0 amide bonds. The molecular formula is C14H25N3O2. The van der Waals surface area contributed by atoms with Crippen LogP contribution in [0.15, 0.2) is 0 Å². The van der Waals surface area contributed by atoms with Crippen LogP contribution < -0.4 is 0 Å². The Morgan fingerprint density at radius 2 is 2.11 bits per heavy atom. The normalized spacial score (nSPS) is 20.3. The molecule has 1 aliphatic heterocycles. The fourth-order valence-electron chi connectivity index (χ4n) is 2.11. The highest BCUT2D eigenvalue weighted by molar-refractivity contribution is 6.02. The summed E-state index contributed by atoms with van der Waals surface area (Å²) < 4.78 is 5.01. The summed E-state index contributed by atoms with van der Waals surface area (Å²) in [5.74, 6) is 0.396. The molecule has 0 saturated carbocycles. The van der Waals surface area contributed by atoms with Gasteiger partial charge in [0.1, 0.15) is 11.7 Å². The number of amidine groups is 2. The van der Waals surface area contributed by atoms with Crippen LogP contribution in [-0.2, 0) is 9.53 Å². The van der Waals surface area contributed by atoms with E-state index in [1.807, 2.05) is 20.8 Å². The van der Waals surface area contributed by atoms with Gasteiger partial charge in [0, 0.05) is 18.4 Å². The fourth-order valence-corrected chi connectivity index (χ4v) is 2.11. The first-order valence-electron chi connectivity index (χ1n) is 6.94. The molecule has 1 unspecified atom stereocenters. The van der Waals surface area contributed by atoms with Gasteiger partial charge in [-0.15, -0.1) is 0 Å². The van der Waals surface area contributed by atoms with Crippen molar-refractivity contribution in [3.05, 3.63) is 0 Å². The molecular weight excluding hydrogens is 242 g/mol. The minimum absolute atomic E-state index is 0.215. The number of likely N-dealkylation sites (tertiary alicyclic amines) is 1. The van der Waals surface area contributed by atoms with Crippen LogP contribution in [0.25, 0.3) is 0 Å². The van der Waals surface area contributed by atoms with Gasteiger partial charge >= 0.3 is 5.97 Å². The Kier molecular flexibility index (Phi) is 5.09. The quantitative estimate of drug-likeness (QED) is 0.467. The molecule has 108 valence electrons. The van der Waals surface area contributed by atoms with Gasteiger partial charge in [-0.05, 0) is 19.8 Å². The van der Waals surface area contributed by atoms with E-state index in [1.165, 1.54) is 0 Å². The van der Waals surface area contributed by atoms with E-state index in [-0.39, 0.29) is 17.3 Å². The molecule has 0 aromatic heterocycles. The van der Waals surface area contributed by atoms with Crippen molar-refractivity contribution >= 4 is 17.6 Å². The van der Waals surface area contributed by atoms with Crippen molar-refractivity contribution in [2.24, 2.45) is 11.3 Å². The van der Waals surface area contributed by atoms with Crippen LogP contribution in [-0.4, -0.2) is 35.7 Å². The molecule has 1 atom stereocenters. The second-order valence-corrected chi connectivity index (χ2v) is 5.63. The second kappa shape index (κ2) is 6.17. The summed E-state index contributed by atoms with van der Waals surface area (Å²) in [5, 5.41) is 16.3. The molecule has 1 fully saturated rings. The van der Waals surface area contributed by atoms with E-state index in [0.29, 0.717) is 37.7 Å². The van der Waals surface area contributed by atoms with Crippen molar-refractivity contribution in [3.63, 3.8) is 0 Å². The van der Waals surface area contributed by atoms with Crippen LogP contribution in [0.1, 0.15) is 47.0 Å². The average Bonchev–Trinajstić information content (AvgIpc) is 2.38. The molecule has 1 rings (SSSR count). The molecule has 0 spiro atoms. The van der Waals surface area contributed by atoms with E-state index in [4.69, 9.17) is 15.6 Å². The monoisotopic (exact) mass is 267 g/mol. The Morgan fingerprint density at radius 1 is 1.47 bits per heavy atom. The van der Waals surface area contributed by atoms with Gasteiger partial charge < -0.3 is 9.64 Å². The van der Waals surface area contributed by atoms with Crippen molar-refractivity contribution in [1.29, 1.82) is 10.8 Å². The van der Waals surface area contributed by atoms with Crippen LogP contribution >= 0.6 is 0 Å². The summed E-state index contributed by atoms with van der Waals surface area (Å²) in [6.07, 6.45) is 1.89. The molecule has 5 heteroatoms. The molecule has 5 nitrogen and oxygen atoms in total. The minimum Gasteiger partial charge on any atom is -0.466 e. The zero-order valence-electron chi connectivity index (χ0n) is 12.4. The van der Waals surface area contributed by atoms with Crippen molar-refractivity contribution in [3.8, 4) is 0 Å². The number of ether oxygens (including phenoxy) is 1. The SMILES string of the molecule is CCOC(=O)C1CCN(C(=N)C(C)(C)CC)C(=N)C1. The van der Waals surface area contributed by atoms with E-state index in [0.717, 1.165) is 6.42 Å². The van der Waals surface area contributed by atoms with Gasteiger partial charge in [-0.25, -0.2) is 0 Å². The van der Waals surface area contributed by atoms with E-state index < -0.39 is 0 Å². The number of esters is 1. The maximum Gasteiger partial charge on any atom is 0.309 e. The van der Waals surface area contributed by atoms with Crippen LogP contribution in [0.4, 0.5) is 0 Å². The van der Waals surface area contributed by atoms with Gasteiger partial charge in [-0.2, -0.15) is 0 Å². The maximum atomic E-state index is 11.7. The highest BCUT2D eigenvalue weighted by atomic mass is 16.5. The van der Waals surface area contributed by atoms with Crippen LogP contribution in [0, 0.1) is 22.2 Å². The molecule has 0 aromatic carbocycles. The van der Waals surface area contributed by atoms with Crippen molar-refractivity contribution in [2.75, 3.05) is 13.2 Å². The molecule has 0 aliphatic carbocycles. The third-order valence-corrected chi connectivity index (χ3v) is 3.88. The van der Waals surface area contributed by atoms with Gasteiger partial charge in [0.25, 0.3) is 0 Å². The van der Waals surface area contributed by atoms with Crippen molar-refractivity contribution < 1.29 is 9.53 Å². The Balaban J connectivity index is 2.68. The first kappa shape index (κ1) is 15.7. The number of hydrogen-bond acceptors (Lipinski definition) is 4. The second-order valence-electron chi connectivity index (χ2n) is 5.63. The Morgan fingerprint density at radius 3 is 2.58 bits per heavy atom. The first-order valence-corrected chi connectivity index (χ1v) is 6.94. The summed E-state index contributed by atoms with van der Waals surface area (Å²) >= 11 is 0. The summed E-state index contributed by atoms with van der Waals surface area (Å²) in [6, 6.07) is 0. The number of piperidine rings is 1. The lowest BCUT2D eigenvalue weighted by Gasteiger charge is -2.38. The van der Waals surface area contributed by atoms with Gasteiger partial charge in [0.15, 0.2) is 0 Å². The van der Waals surface area contributed by atoms with Gasteiger partial charge in [0.05, 0.1) is 12.5 Å². The summed E-state index contributed by atoms with van der Waals surface area (Å²) in [6.45, 7) is 8.80. The number of nitrogens with one attached hydrogen (secondary N) is 2. The Bertz CT molecular complexity index is 377. The number of carbonyl (C=O) groups is 1. The van der Waals surface area contributed by atoms with E-state index in [2.05, 4.69) is 0 Å². The number of hydrogen-bond donors (Lipinski definition) is 2. The number of nitrogens with zero attached hydrogens (tertiary/aromatic N) is 1. The largest absolute Gasteiger partial charge is 0.466 e. The first-order chi connectivity index (χ1) is 8.83. The zero-order valence-corrected chi connectivity index (χ0v) is 12.4. The van der Waals surface area contributed by atoms with E-state index in [9.17, 15) is 4.79 Å². The van der Waals surface area contributed by atoms with Crippen molar-refractivity contribution in [1.82, 2.24) is 4.90 Å². The lowest BCUT2D eigenvalue weighted by molar-refractivity contribution is -0.148. The van der Waals surface area contributed by atoms with Gasteiger partial charge in [0.2, 0.25) is 0 Å². The summed E-state index contributed by atoms with van der Waals surface area (Å²) in [5.41, 5.74) is -0.233. The number of carbonyl (C=O) groups excluding carboxylic acids is 1. The Labute approximate surface area is 115 Å². The highest BCUT2D eigenvalue weighted by Gasteiger charge is 2.35. The summed E-state index contributed by atoms with van der Waals surface area (Å²) in [7, 11) is 0. The van der Waals surface area contributed by atoms with Crippen LogP contribution in [0.3, 0.4) is 0 Å². The lowest BCUT2D eigenvalue weighted by atomic mass is 9.86. The Hall–Kier alpha value is -1.39. The third-order valence-electron chi connectivity index (χ3n) is 3.88. The standard InChI is InChI=1S/C14H25N3O2/c1-5-14(3,4)13(16)17-8-7-10(9-11(17)15)12(18)19-6-2/h10,15-16H,5-9H2,1-4H3. The molecule has 1 saturated heterocycles. The number of rotatable bonds is 4. The van der Waals surface area contributed by atoms with Crippen LogP contribution in [0.5, 0.6) is 0 Å². The maximum absolute atomic E-state index is 11.7. The minimum atomic E-state index is -0.233. The lowest BCUT2D eigenvalue weighted by Crippen LogP contribution is -2.48. The smallest absolute Gasteiger partial charge is 0.309 e. The zero-order chi connectivity index (χ0) is 14.6. The summed E-state index contributed by atoms with van der Waals surface area (Å²) in [4.78, 5) is 13.4. The fraction of sp³-hybridized carbons (Fsp3) is 0.786. The predicted molar refractivity (Wildman–Crippen MR) is 75.6 cm³/mol. The highest BCUT2D eigenvalue weighted by Crippen LogP contribution is 2.28. The van der Waals surface area contributed by atoms with E-state index >= 15 is 0 Å². The van der Waals surface area contributed by atoms with E-state index in [1.54, 1.807) is 11.8 Å².